The predicted molar refractivity (Wildman–Crippen MR) is 49.8 cm³/mol. The molecular formula is C10H19NO. The minimum atomic E-state index is 0.227. The lowest BCUT2D eigenvalue weighted by molar-refractivity contribution is -0.133. The summed E-state index contributed by atoms with van der Waals surface area (Å²) in [5.74, 6) is 1.34. The number of carbonyl (C=O) groups excluding carboxylic acids is 1. The molecular weight excluding hydrogens is 150 g/mol. The molecule has 12 heavy (non-hydrogen) atoms. The van der Waals surface area contributed by atoms with Gasteiger partial charge in [0.2, 0.25) is 5.91 Å². The number of hydrogen-bond donors (Lipinski definition) is 0. The third-order valence-corrected chi connectivity index (χ3v) is 2.77. The van der Waals surface area contributed by atoms with Gasteiger partial charge in [-0.1, -0.05) is 26.2 Å². The Balaban J connectivity index is 2.26. The number of hydrogen-bond acceptors (Lipinski definition) is 1. The second kappa shape index (κ2) is 3.92. The first kappa shape index (κ1) is 9.56. The van der Waals surface area contributed by atoms with Crippen molar-refractivity contribution in [1.82, 2.24) is 4.90 Å². The van der Waals surface area contributed by atoms with E-state index in [0.29, 0.717) is 0 Å². The van der Waals surface area contributed by atoms with E-state index in [9.17, 15) is 4.79 Å². The number of amides is 1. The summed E-state index contributed by atoms with van der Waals surface area (Å²) in [7, 11) is 3.67. The van der Waals surface area contributed by atoms with E-state index in [1.54, 1.807) is 4.90 Å². The lowest BCUT2D eigenvalue weighted by Crippen LogP contribution is -2.30. The van der Waals surface area contributed by atoms with Crippen LogP contribution in [0.4, 0.5) is 0 Å². The first-order chi connectivity index (χ1) is 5.61. The van der Waals surface area contributed by atoms with Crippen LogP contribution in [0.1, 0.15) is 32.6 Å². The molecule has 1 fully saturated rings. The second-order valence-electron chi connectivity index (χ2n) is 4.17. The molecule has 1 amide bonds. The molecule has 1 aliphatic rings. The highest BCUT2D eigenvalue weighted by molar-refractivity contribution is 5.77. The monoisotopic (exact) mass is 169 g/mol. The first-order valence-electron chi connectivity index (χ1n) is 4.82. The van der Waals surface area contributed by atoms with Gasteiger partial charge < -0.3 is 4.90 Å². The minimum Gasteiger partial charge on any atom is -0.349 e. The van der Waals surface area contributed by atoms with Crippen LogP contribution in [0.15, 0.2) is 0 Å². The van der Waals surface area contributed by atoms with Crippen LogP contribution in [0.5, 0.6) is 0 Å². The van der Waals surface area contributed by atoms with Crippen molar-refractivity contribution in [2.24, 2.45) is 11.8 Å². The summed E-state index contributed by atoms with van der Waals surface area (Å²) in [6.07, 6.45) is 5.14. The van der Waals surface area contributed by atoms with Crippen molar-refractivity contribution in [3.05, 3.63) is 0 Å². The molecule has 1 aliphatic carbocycles. The molecule has 2 nitrogen and oxygen atoms in total. The molecule has 0 aromatic carbocycles. The highest BCUT2D eigenvalue weighted by atomic mass is 16.2. The van der Waals surface area contributed by atoms with Crippen molar-refractivity contribution in [3.8, 4) is 0 Å². The summed E-state index contributed by atoms with van der Waals surface area (Å²) < 4.78 is 0. The maximum Gasteiger partial charge on any atom is 0.224 e. The van der Waals surface area contributed by atoms with Crippen molar-refractivity contribution in [2.45, 2.75) is 32.6 Å². The van der Waals surface area contributed by atoms with E-state index in [-0.39, 0.29) is 11.8 Å². The van der Waals surface area contributed by atoms with Gasteiger partial charge in [-0.25, -0.2) is 0 Å². The Morgan fingerprint density at radius 3 is 2.42 bits per heavy atom. The molecule has 2 heteroatoms. The zero-order valence-corrected chi connectivity index (χ0v) is 8.34. The third-order valence-electron chi connectivity index (χ3n) is 2.77. The van der Waals surface area contributed by atoms with Gasteiger partial charge in [-0.05, 0) is 12.3 Å². The fraction of sp³-hybridized carbons (Fsp3) is 0.900. The lowest BCUT2D eigenvalue weighted by Gasteiger charge is -2.28. The number of carbonyl (C=O) groups is 1. The Morgan fingerprint density at radius 2 is 2.08 bits per heavy atom. The average molecular weight is 169 g/mol. The zero-order chi connectivity index (χ0) is 9.14. The SMILES string of the molecule is CC(CC1CCC1)C(=O)N(C)C. The van der Waals surface area contributed by atoms with Crippen molar-refractivity contribution in [1.29, 1.82) is 0 Å². The van der Waals surface area contributed by atoms with Gasteiger partial charge in [-0.3, -0.25) is 4.79 Å². The fourth-order valence-corrected chi connectivity index (χ4v) is 1.77. The van der Waals surface area contributed by atoms with E-state index in [4.69, 9.17) is 0 Å². The number of nitrogens with zero attached hydrogens (tertiary/aromatic N) is 1. The summed E-state index contributed by atoms with van der Waals surface area (Å²) in [6, 6.07) is 0. The van der Waals surface area contributed by atoms with E-state index in [0.717, 1.165) is 12.3 Å². The smallest absolute Gasteiger partial charge is 0.224 e. The van der Waals surface area contributed by atoms with Crippen molar-refractivity contribution in [2.75, 3.05) is 14.1 Å². The maximum atomic E-state index is 11.4. The maximum absolute atomic E-state index is 11.4. The first-order valence-corrected chi connectivity index (χ1v) is 4.82. The van der Waals surface area contributed by atoms with Crippen LogP contribution in [0.3, 0.4) is 0 Å². The van der Waals surface area contributed by atoms with Crippen LogP contribution < -0.4 is 0 Å². The molecule has 1 rings (SSSR count). The normalized spacial score (nSPS) is 19.9. The quantitative estimate of drug-likeness (QED) is 0.632. The van der Waals surface area contributed by atoms with Crippen molar-refractivity contribution < 1.29 is 4.79 Å². The Morgan fingerprint density at radius 1 is 1.50 bits per heavy atom. The Bertz CT molecular complexity index is 161. The average Bonchev–Trinajstić information content (AvgIpc) is 1.94. The van der Waals surface area contributed by atoms with Gasteiger partial charge in [-0.2, -0.15) is 0 Å². The van der Waals surface area contributed by atoms with Crippen LogP contribution >= 0.6 is 0 Å². The van der Waals surface area contributed by atoms with Crippen LogP contribution in [0.2, 0.25) is 0 Å². The third kappa shape index (κ3) is 2.23. The standard InChI is InChI=1S/C10H19NO/c1-8(10(12)11(2)3)7-9-5-4-6-9/h8-9H,4-7H2,1-3H3. The van der Waals surface area contributed by atoms with Crippen LogP contribution in [0, 0.1) is 11.8 Å². The molecule has 0 bridgehead atoms. The minimum absolute atomic E-state index is 0.227. The molecule has 0 N–H and O–H groups in total. The molecule has 1 saturated carbocycles. The van der Waals surface area contributed by atoms with Gasteiger partial charge in [0.1, 0.15) is 0 Å². The lowest BCUT2D eigenvalue weighted by atomic mass is 9.79. The van der Waals surface area contributed by atoms with Gasteiger partial charge in [0, 0.05) is 20.0 Å². The van der Waals surface area contributed by atoms with Crippen molar-refractivity contribution in [3.63, 3.8) is 0 Å². The van der Waals surface area contributed by atoms with E-state index < -0.39 is 0 Å². The molecule has 0 radical (unpaired) electrons. The number of rotatable bonds is 3. The van der Waals surface area contributed by atoms with Crippen LogP contribution in [-0.4, -0.2) is 24.9 Å². The fourth-order valence-electron chi connectivity index (χ4n) is 1.77. The van der Waals surface area contributed by atoms with Gasteiger partial charge in [0.15, 0.2) is 0 Å². The largest absolute Gasteiger partial charge is 0.349 e. The Labute approximate surface area is 74.9 Å². The summed E-state index contributed by atoms with van der Waals surface area (Å²) in [5, 5.41) is 0. The van der Waals surface area contributed by atoms with E-state index in [1.165, 1.54) is 19.3 Å². The van der Waals surface area contributed by atoms with Gasteiger partial charge in [0.05, 0.1) is 0 Å². The molecule has 70 valence electrons. The van der Waals surface area contributed by atoms with E-state index in [2.05, 4.69) is 0 Å². The summed E-state index contributed by atoms with van der Waals surface area (Å²) in [4.78, 5) is 13.1. The molecule has 1 unspecified atom stereocenters. The van der Waals surface area contributed by atoms with Gasteiger partial charge in [-0.15, -0.1) is 0 Å². The summed E-state index contributed by atoms with van der Waals surface area (Å²) in [5.41, 5.74) is 0. The Hall–Kier alpha value is -0.530. The molecule has 0 aromatic rings. The van der Waals surface area contributed by atoms with Crippen LogP contribution in [-0.2, 0) is 4.79 Å². The highest BCUT2D eigenvalue weighted by Crippen LogP contribution is 2.32. The van der Waals surface area contributed by atoms with E-state index in [1.807, 2.05) is 21.0 Å². The molecule has 0 spiro atoms. The highest BCUT2D eigenvalue weighted by Gasteiger charge is 2.23. The second-order valence-corrected chi connectivity index (χ2v) is 4.17. The molecule has 0 aliphatic heterocycles. The summed E-state index contributed by atoms with van der Waals surface area (Å²) in [6.45, 7) is 2.04. The van der Waals surface area contributed by atoms with Crippen LogP contribution in [0.25, 0.3) is 0 Å². The predicted octanol–water partition coefficient (Wildman–Crippen LogP) is 1.90. The molecule has 0 saturated heterocycles. The van der Waals surface area contributed by atoms with Gasteiger partial charge >= 0.3 is 0 Å². The van der Waals surface area contributed by atoms with Gasteiger partial charge in [0.25, 0.3) is 0 Å². The molecule has 0 aromatic heterocycles. The molecule has 1 atom stereocenters. The Kier molecular flexibility index (Phi) is 3.12. The topological polar surface area (TPSA) is 20.3 Å². The molecule has 0 heterocycles. The van der Waals surface area contributed by atoms with Crippen molar-refractivity contribution >= 4 is 5.91 Å². The van der Waals surface area contributed by atoms with E-state index >= 15 is 0 Å². The zero-order valence-electron chi connectivity index (χ0n) is 8.34. The summed E-state index contributed by atoms with van der Waals surface area (Å²) >= 11 is 0.